The number of nitrogens with one attached hydrogen (secondary N) is 2. The molecule has 1 fully saturated rings. The molecule has 3 N–H and O–H groups in total. The van der Waals surface area contributed by atoms with Crippen molar-refractivity contribution in [3.63, 3.8) is 0 Å². The van der Waals surface area contributed by atoms with Crippen molar-refractivity contribution < 1.29 is 23.7 Å². The molecule has 0 bridgehead atoms. The lowest BCUT2D eigenvalue weighted by Gasteiger charge is -2.32. The van der Waals surface area contributed by atoms with E-state index in [1.54, 1.807) is 6.92 Å². The second-order valence-electron chi connectivity index (χ2n) is 3.95. The van der Waals surface area contributed by atoms with Crippen LogP contribution < -0.4 is 10.6 Å². The van der Waals surface area contributed by atoms with E-state index in [0.29, 0.717) is 11.5 Å². The normalized spacial score (nSPS) is 20.6. The van der Waals surface area contributed by atoms with Crippen molar-refractivity contribution in [1.82, 2.24) is 15.5 Å². The van der Waals surface area contributed by atoms with Gasteiger partial charge in [0, 0.05) is 35.4 Å². The van der Waals surface area contributed by atoms with Crippen LogP contribution in [0.4, 0.5) is 4.79 Å². The summed E-state index contributed by atoms with van der Waals surface area (Å²) in [5, 5.41) is 13.8. The Balaban J connectivity index is 2.54. The number of nitrogens with zero attached hydrogens (tertiary/aromatic N) is 1. The molecule has 0 spiro atoms. The van der Waals surface area contributed by atoms with Gasteiger partial charge in [0.05, 0.1) is 0 Å². The highest BCUT2D eigenvalue weighted by atomic mass is 32.2. The zero-order valence-corrected chi connectivity index (χ0v) is 11.4. The second kappa shape index (κ2) is 7.07. The van der Waals surface area contributed by atoms with Crippen LogP contribution in [0.2, 0.25) is 0 Å². The number of urea groups is 1. The number of hydrogen-bond donors (Lipinski definition) is 3. The minimum absolute atomic E-state index is 0.109. The fraction of sp³-hybridized carbons (Fsp3) is 0.700. The van der Waals surface area contributed by atoms with Gasteiger partial charge < -0.3 is 15.7 Å². The lowest BCUT2D eigenvalue weighted by atomic mass is 10.2. The Labute approximate surface area is 113 Å². The minimum Gasteiger partial charge on any atom is -0.480 e. The Morgan fingerprint density at radius 1 is 1.58 bits per heavy atom. The lowest BCUT2D eigenvalue weighted by Crippen LogP contribution is -2.61. The molecule has 0 saturated carbocycles. The van der Waals surface area contributed by atoms with Crippen LogP contribution >= 0.6 is 0 Å². The number of carbonyl (C=O) groups is 3. The monoisotopic (exact) mass is 291 g/mol. The van der Waals surface area contributed by atoms with Crippen molar-refractivity contribution in [2.75, 3.05) is 31.1 Å². The first kappa shape index (κ1) is 15.4. The van der Waals surface area contributed by atoms with Gasteiger partial charge in [0.2, 0.25) is 5.91 Å². The van der Waals surface area contributed by atoms with Gasteiger partial charge in [-0.25, -0.2) is 9.59 Å². The van der Waals surface area contributed by atoms with Gasteiger partial charge in [-0.3, -0.25) is 13.9 Å². The average molecular weight is 291 g/mol. The van der Waals surface area contributed by atoms with Gasteiger partial charge in [-0.15, -0.1) is 0 Å². The summed E-state index contributed by atoms with van der Waals surface area (Å²) in [6.07, 6.45) is 0. The third-order valence-electron chi connectivity index (χ3n) is 2.66. The van der Waals surface area contributed by atoms with Crippen molar-refractivity contribution >= 4 is 28.7 Å². The number of carboxylic acid groups (broad SMARTS) is 1. The number of aliphatic carboxylic acids is 1. The standard InChI is InChI=1S/C10H17N3O5S/c1-2-19(18)4-3-11-10(17)13-6-8(14)12-5-7(13)9(15)16/h7H,2-6H2,1H3,(H,11,17)(H,12,14)(H,15,16). The molecule has 19 heavy (non-hydrogen) atoms. The van der Waals surface area contributed by atoms with Crippen LogP contribution in [-0.4, -0.2) is 69.3 Å². The molecular weight excluding hydrogens is 274 g/mol. The van der Waals surface area contributed by atoms with E-state index in [4.69, 9.17) is 5.11 Å². The van der Waals surface area contributed by atoms with Crippen LogP contribution in [0.25, 0.3) is 0 Å². The molecule has 1 rings (SSSR count). The maximum Gasteiger partial charge on any atom is 0.328 e. The van der Waals surface area contributed by atoms with Gasteiger partial charge in [0.25, 0.3) is 0 Å². The third kappa shape index (κ3) is 4.51. The Bertz CT molecular complexity index is 401. The van der Waals surface area contributed by atoms with Crippen LogP contribution in [0.3, 0.4) is 0 Å². The van der Waals surface area contributed by atoms with E-state index < -0.39 is 34.7 Å². The van der Waals surface area contributed by atoms with E-state index in [-0.39, 0.29) is 19.6 Å². The third-order valence-corrected chi connectivity index (χ3v) is 3.96. The summed E-state index contributed by atoms with van der Waals surface area (Å²) < 4.78 is 11.2. The Kier molecular flexibility index (Phi) is 5.74. The summed E-state index contributed by atoms with van der Waals surface area (Å²) in [7, 11) is -1.00. The average Bonchev–Trinajstić information content (AvgIpc) is 2.37. The fourth-order valence-electron chi connectivity index (χ4n) is 1.59. The number of amides is 3. The summed E-state index contributed by atoms with van der Waals surface area (Å²) in [6, 6.07) is -1.70. The molecule has 1 aliphatic heterocycles. The first-order valence-corrected chi connectivity index (χ1v) is 7.33. The van der Waals surface area contributed by atoms with E-state index in [2.05, 4.69) is 10.6 Å². The molecule has 0 aromatic heterocycles. The van der Waals surface area contributed by atoms with Gasteiger partial charge in [-0.1, -0.05) is 6.92 Å². The lowest BCUT2D eigenvalue weighted by molar-refractivity contribution is -0.144. The number of carbonyl (C=O) groups excluding carboxylic acids is 2. The number of piperazine rings is 1. The molecule has 0 radical (unpaired) electrons. The second-order valence-corrected chi connectivity index (χ2v) is 5.82. The predicted octanol–water partition coefficient (Wildman–Crippen LogP) is -1.65. The van der Waals surface area contributed by atoms with Crippen LogP contribution in [-0.2, 0) is 20.4 Å². The minimum atomic E-state index is -1.17. The Morgan fingerprint density at radius 3 is 2.84 bits per heavy atom. The molecule has 1 heterocycles. The molecule has 8 nitrogen and oxygen atoms in total. The van der Waals surface area contributed by atoms with Gasteiger partial charge in [0.15, 0.2) is 0 Å². The van der Waals surface area contributed by atoms with Crippen molar-refractivity contribution in [2.24, 2.45) is 0 Å². The van der Waals surface area contributed by atoms with E-state index in [1.165, 1.54) is 0 Å². The Hall–Kier alpha value is -1.64. The van der Waals surface area contributed by atoms with Crippen molar-refractivity contribution in [2.45, 2.75) is 13.0 Å². The molecule has 1 aliphatic rings. The molecule has 3 amide bonds. The van der Waals surface area contributed by atoms with Crippen LogP contribution in [0.15, 0.2) is 0 Å². The maximum atomic E-state index is 11.8. The maximum absolute atomic E-state index is 11.8. The summed E-state index contributed by atoms with van der Waals surface area (Å²) in [6.45, 7) is 1.55. The topological polar surface area (TPSA) is 116 Å². The first-order valence-electron chi connectivity index (χ1n) is 5.84. The van der Waals surface area contributed by atoms with Gasteiger partial charge in [0.1, 0.15) is 12.6 Å². The highest BCUT2D eigenvalue weighted by Crippen LogP contribution is 2.04. The van der Waals surface area contributed by atoms with E-state index >= 15 is 0 Å². The molecule has 1 saturated heterocycles. The summed E-state index contributed by atoms with van der Waals surface area (Å²) >= 11 is 0. The van der Waals surface area contributed by atoms with Crippen LogP contribution in [0.1, 0.15) is 6.92 Å². The van der Waals surface area contributed by atoms with Crippen molar-refractivity contribution in [3.8, 4) is 0 Å². The molecule has 0 aromatic rings. The van der Waals surface area contributed by atoms with E-state index in [0.717, 1.165) is 4.90 Å². The number of hydrogen-bond acceptors (Lipinski definition) is 4. The molecule has 9 heteroatoms. The Morgan fingerprint density at radius 2 is 2.26 bits per heavy atom. The van der Waals surface area contributed by atoms with Gasteiger partial charge in [-0.2, -0.15) is 0 Å². The molecule has 0 aromatic carbocycles. The van der Waals surface area contributed by atoms with Crippen LogP contribution in [0.5, 0.6) is 0 Å². The van der Waals surface area contributed by atoms with Gasteiger partial charge in [-0.05, 0) is 0 Å². The zero-order valence-electron chi connectivity index (χ0n) is 10.5. The zero-order chi connectivity index (χ0) is 14.4. The highest BCUT2D eigenvalue weighted by molar-refractivity contribution is 7.84. The largest absolute Gasteiger partial charge is 0.480 e. The number of carboxylic acids is 1. The van der Waals surface area contributed by atoms with E-state index in [1.807, 2.05) is 0 Å². The molecular formula is C10H17N3O5S. The smallest absolute Gasteiger partial charge is 0.328 e. The van der Waals surface area contributed by atoms with Crippen LogP contribution in [0, 0.1) is 0 Å². The molecule has 2 atom stereocenters. The van der Waals surface area contributed by atoms with Crippen molar-refractivity contribution in [1.29, 1.82) is 0 Å². The number of rotatable bonds is 5. The summed E-state index contributed by atoms with van der Waals surface area (Å²) in [5.74, 6) is -0.767. The van der Waals surface area contributed by atoms with Gasteiger partial charge >= 0.3 is 12.0 Å². The molecule has 108 valence electrons. The molecule has 0 aliphatic carbocycles. The summed E-state index contributed by atoms with van der Waals surface area (Å²) in [5.41, 5.74) is 0. The summed E-state index contributed by atoms with van der Waals surface area (Å²) in [4.78, 5) is 35.0. The van der Waals surface area contributed by atoms with Crippen molar-refractivity contribution in [3.05, 3.63) is 0 Å². The highest BCUT2D eigenvalue weighted by Gasteiger charge is 2.34. The quantitative estimate of drug-likeness (QED) is 0.561. The predicted molar refractivity (Wildman–Crippen MR) is 68.1 cm³/mol. The molecule has 2 unspecified atom stereocenters. The first-order chi connectivity index (χ1) is 8.95. The van der Waals surface area contributed by atoms with E-state index in [9.17, 15) is 18.6 Å². The fourth-order valence-corrected chi connectivity index (χ4v) is 2.21. The SMILES string of the molecule is CCS(=O)CCNC(=O)N1CC(=O)NCC1C(=O)O.